The van der Waals surface area contributed by atoms with E-state index in [1.54, 1.807) is 36.7 Å². The number of likely N-dealkylation sites (N-methyl/N-ethyl adjacent to an activating group) is 1. The third-order valence-corrected chi connectivity index (χ3v) is 3.81. The lowest BCUT2D eigenvalue weighted by Crippen LogP contribution is -2.24. The van der Waals surface area contributed by atoms with Crippen LogP contribution in [-0.2, 0) is 11.2 Å². The van der Waals surface area contributed by atoms with Crippen LogP contribution in [-0.4, -0.2) is 37.0 Å². The smallest absolute Gasteiger partial charge is 0.275 e. The third-order valence-electron chi connectivity index (χ3n) is 2.90. The maximum absolute atomic E-state index is 12.1. The van der Waals surface area contributed by atoms with E-state index in [0.29, 0.717) is 30.1 Å². The molecule has 0 spiro atoms. The van der Waals surface area contributed by atoms with Gasteiger partial charge >= 0.3 is 0 Å². The molecule has 0 saturated carbocycles. The van der Waals surface area contributed by atoms with Gasteiger partial charge in [-0.15, -0.1) is 11.3 Å². The lowest BCUT2D eigenvalue weighted by atomic mass is 10.3. The van der Waals surface area contributed by atoms with E-state index in [2.05, 4.69) is 15.6 Å². The highest BCUT2D eigenvalue weighted by molar-refractivity contribution is 7.09. The number of nitrogens with zero attached hydrogens (tertiary/aromatic N) is 1. The Balaban J connectivity index is 1.91. The van der Waals surface area contributed by atoms with Gasteiger partial charge in [-0.1, -0.05) is 0 Å². The fourth-order valence-corrected chi connectivity index (χ4v) is 2.50. The molecule has 0 unspecified atom stereocenters. The van der Waals surface area contributed by atoms with E-state index in [-0.39, 0.29) is 18.4 Å². The number of carbonyl (C=O) groups is 2. The quantitative estimate of drug-likeness (QED) is 0.701. The van der Waals surface area contributed by atoms with Crippen LogP contribution in [0.15, 0.2) is 29.6 Å². The van der Waals surface area contributed by atoms with Gasteiger partial charge in [0.2, 0.25) is 0 Å². The number of carbonyl (C=O) groups excluding carboxylic acids is 2. The molecule has 0 aliphatic heterocycles. The van der Waals surface area contributed by atoms with Crippen LogP contribution in [0.3, 0.4) is 0 Å². The van der Waals surface area contributed by atoms with Crippen LogP contribution in [0, 0.1) is 0 Å². The minimum atomic E-state index is -0.274. The molecule has 0 aliphatic rings. The van der Waals surface area contributed by atoms with E-state index in [4.69, 9.17) is 10.5 Å². The summed E-state index contributed by atoms with van der Waals surface area (Å²) in [5, 5.41) is 7.78. The molecular weight excluding hydrogens is 316 g/mol. The van der Waals surface area contributed by atoms with Gasteiger partial charge < -0.3 is 21.1 Å². The molecule has 7 nitrogen and oxygen atoms in total. The van der Waals surface area contributed by atoms with Gasteiger partial charge in [0, 0.05) is 24.5 Å². The van der Waals surface area contributed by atoms with E-state index in [9.17, 15) is 9.59 Å². The van der Waals surface area contributed by atoms with Crippen molar-refractivity contribution in [3.63, 3.8) is 0 Å². The van der Waals surface area contributed by atoms with Gasteiger partial charge in [-0.05, 0) is 30.8 Å². The standard InChI is InChI=1S/C15H18N4O3S/c1-17-13(20)8-22-11-4-2-10(3-5-11)18-15(21)12-9-23-14(19-12)6-7-16/h2-5,9H,6-8,16H2,1H3,(H,17,20)(H,18,21). The molecule has 23 heavy (non-hydrogen) atoms. The number of hydrogen-bond donors (Lipinski definition) is 3. The zero-order chi connectivity index (χ0) is 16.7. The lowest BCUT2D eigenvalue weighted by molar-refractivity contribution is -0.122. The van der Waals surface area contributed by atoms with Crippen molar-refractivity contribution < 1.29 is 14.3 Å². The largest absolute Gasteiger partial charge is 0.484 e. The van der Waals surface area contributed by atoms with E-state index in [1.165, 1.54) is 11.3 Å². The Morgan fingerprint density at radius 1 is 1.30 bits per heavy atom. The number of benzene rings is 1. The number of nitrogens with one attached hydrogen (secondary N) is 2. The summed E-state index contributed by atoms with van der Waals surface area (Å²) in [4.78, 5) is 27.4. The molecule has 2 aromatic rings. The molecule has 0 radical (unpaired) electrons. The van der Waals surface area contributed by atoms with Gasteiger partial charge in [0.05, 0.1) is 5.01 Å². The maximum Gasteiger partial charge on any atom is 0.275 e. The fraction of sp³-hybridized carbons (Fsp3) is 0.267. The van der Waals surface area contributed by atoms with Crippen LogP contribution in [0.25, 0.3) is 0 Å². The first-order valence-electron chi connectivity index (χ1n) is 7.01. The fourth-order valence-electron chi connectivity index (χ4n) is 1.70. The highest BCUT2D eigenvalue weighted by Crippen LogP contribution is 2.17. The summed E-state index contributed by atoms with van der Waals surface area (Å²) in [6.45, 7) is 0.455. The van der Waals surface area contributed by atoms with E-state index in [1.807, 2.05) is 0 Å². The molecule has 0 saturated heterocycles. The number of anilines is 1. The summed E-state index contributed by atoms with van der Waals surface area (Å²) in [5.74, 6) is 0.0632. The lowest BCUT2D eigenvalue weighted by Gasteiger charge is -2.07. The predicted octanol–water partition coefficient (Wildman–Crippen LogP) is 1.02. The molecule has 122 valence electrons. The molecule has 2 rings (SSSR count). The van der Waals surface area contributed by atoms with Crippen molar-refractivity contribution in [1.29, 1.82) is 0 Å². The van der Waals surface area contributed by atoms with Crippen molar-refractivity contribution in [1.82, 2.24) is 10.3 Å². The van der Waals surface area contributed by atoms with Gasteiger partial charge in [-0.3, -0.25) is 9.59 Å². The van der Waals surface area contributed by atoms with Crippen LogP contribution in [0.2, 0.25) is 0 Å². The second kappa shape index (κ2) is 8.25. The summed E-state index contributed by atoms with van der Waals surface area (Å²) < 4.78 is 5.29. The van der Waals surface area contributed by atoms with Crippen LogP contribution in [0.5, 0.6) is 5.75 Å². The Labute approximate surface area is 137 Å². The SMILES string of the molecule is CNC(=O)COc1ccc(NC(=O)c2csc(CCN)n2)cc1. The highest BCUT2D eigenvalue weighted by atomic mass is 32.1. The molecule has 2 amide bonds. The number of hydrogen-bond acceptors (Lipinski definition) is 6. The van der Waals surface area contributed by atoms with Crippen LogP contribution < -0.4 is 21.1 Å². The van der Waals surface area contributed by atoms with Crippen molar-refractivity contribution >= 4 is 28.8 Å². The molecule has 0 atom stereocenters. The number of thiazole rings is 1. The second-order valence-electron chi connectivity index (χ2n) is 4.61. The maximum atomic E-state index is 12.1. The molecule has 8 heteroatoms. The van der Waals surface area contributed by atoms with Crippen LogP contribution >= 0.6 is 11.3 Å². The summed E-state index contributed by atoms with van der Waals surface area (Å²) in [6.07, 6.45) is 0.662. The molecule has 0 aliphatic carbocycles. The Morgan fingerprint density at radius 3 is 2.70 bits per heavy atom. The molecule has 1 heterocycles. The summed E-state index contributed by atoms with van der Waals surface area (Å²) >= 11 is 1.42. The van der Waals surface area contributed by atoms with Gasteiger partial charge in [-0.25, -0.2) is 4.98 Å². The summed E-state index contributed by atoms with van der Waals surface area (Å²) in [5.41, 5.74) is 6.46. The van der Waals surface area contributed by atoms with Crippen LogP contribution in [0.4, 0.5) is 5.69 Å². The van der Waals surface area contributed by atoms with Crippen molar-refractivity contribution in [3.8, 4) is 5.75 Å². The Morgan fingerprint density at radius 2 is 2.04 bits per heavy atom. The topological polar surface area (TPSA) is 106 Å². The average molecular weight is 334 g/mol. The zero-order valence-electron chi connectivity index (χ0n) is 12.7. The number of rotatable bonds is 7. The molecule has 0 fully saturated rings. The summed E-state index contributed by atoms with van der Waals surface area (Å²) in [6, 6.07) is 6.76. The minimum Gasteiger partial charge on any atom is -0.484 e. The Kier molecular flexibility index (Phi) is 6.07. The van der Waals surface area contributed by atoms with Gasteiger partial charge in [0.1, 0.15) is 11.4 Å². The van der Waals surface area contributed by atoms with Crippen molar-refractivity contribution in [2.24, 2.45) is 5.73 Å². The number of amides is 2. The molecule has 4 N–H and O–H groups in total. The minimum absolute atomic E-state index is 0.0506. The first-order valence-corrected chi connectivity index (χ1v) is 7.89. The number of aromatic nitrogens is 1. The second-order valence-corrected chi connectivity index (χ2v) is 5.55. The molecule has 0 bridgehead atoms. The Bertz CT molecular complexity index is 670. The molecule has 1 aromatic heterocycles. The van der Waals surface area contributed by atoms with Crippen LogP contribution in [0.1, 0.15) is 15.5 Å². The Hall–Kier alpha value is -2.45. The first kappa shape index (κ1) is 16.9. The van der Waals surface area contributed by atoms with E-state index in [0.717, 1.165) is 5.01 Å². The van der Waals surface area contributed by atoms with Gasteiger partial charge in [-0.2, -0.15) is 0 Å². The van der Waals surface area contributed by atoms with E-state index < -0.39 is 0 Å². The van der Waals surface area contributed by atoms with Gasteiger partial charge in [0.25, 0.3) is 11.8 Å². The summed E-state index contributed by atoms with van der Waals surface area (Å²) in [7, 11) is 1.54. The molecular formula is C15H18N4O3S. The first-order chi connectivity index (χ1) is 11.1. The van der Waals surface area contributed by atoms with Crippen molar-refractivity contribution in [3.05, 3.63) is 40.3 Å². The highest BCUT2D eigenvalue weighted by Gasteiger charge is 2.11. The van der Waals surface area contributed by atoms with E-state index >= 15 is 0 Å². The number of nitrogens with two attached hydrogens (primary N) is 1. The monoisotopic (exact) mass is 334 g/mol. The van der Waals surface area contributed by atoms with Crippen molar-refractivity contribution in [2.45, 2.75) is 6.42 Å². The predicted molar refractivity (Wildman–Crippen MR) is 88.8 cm³/mol. The van der Waals surface area contributed by atoms with Gasteiger partial charge in [0.15, 0.2) is 6.61 Å². The third kappa shape index (κ3) is 5.04. The van der Waals surface area contributed by atoms with Crippen molar-refractivity contribution in [2.75, 3.05) is 25.5 Å². The number of ether oxygens (including phenoxy) is 1. The average Bonchev–Trinajstić information content (AvgIpc) is 3.03. The normalized spacial score (nSPS) is 10.2. The zero-order valence-corrected chi connectivity index (χ0v) is 13.5. The molecule has 1 aromatic carbocycles.